The van der Waals surface area contributed by atoms with Crippen molar-refractivity contribution in [2.45, 2.75) is 50.3 Å². The van der Waals surface area contributed by atoms with Gasteiger partial charge in [-0.15, -0.1) is 11.3 Å². The van der Waals surface area contributed by atoms with E-state index < -0.39 is 0 Å². The highest BCUT2D eigenvalue weighted by Crippen LogP contribution is 2.44. The number of alkyl halides is 1. The number of thiazole rings is 1. The zero-order chi connectivity index (χ0) is 10.8. The summed E-state index contributed by atoms with van der Waals surface area (Å²) in [6.45, 7) is 4.47. The molecule has 1 saturated carbocycles. The van der Waals surface area contributed by atoms with Gasteiger partial charge >= 0.3 is 0 Å². The van der Waals surface area contributed by atoms with Crippen molar-refractivity contribution in [3.8, 4) is 0 Å². The van der Waals surface area contributed by atoms with Gasteiger partial charge in [0.2, 0.25) is 0 Å². The van der Waals surface area contributed by atoms with Crippen LogP contribution in [0, 0.1) is 12.8 Å². The van der Waals surface area contributed by atoms with Crippen molar-refractivity contribution in [2.24, 2.45) is 5.92 Å². The molecule has 1 aromatic heterocycles. The van der Waals surface area contributed by atoms with E-state index in [2.05, 4.69) is 34.8 Å². The van der Waals surface area contributed by atoms with Crippen molar-refractivity contribution in [3.05, 3.63) is 16.1 Å². The van der Waals surface area contributed by atoms with E-state index in [-0.39, 0.29) is 0 Å². The molecule has 0 spiro atoms. The first-order valence-corrected chi connectivity index (χ1v) is 7.56. The highest BCUT2D eigenvalue weighted by molar-refractivity contribution is 9.09. The second kappa shape index (κ2) is 4.96. The topological polar surface area (TPSA) is 12.9 Å². The van der Waals surface area contributed by atoms with Crippen LogP contribution in [0.15, 0.2) is 5.51 Å². The lowest BCUT2D eigenvalue weighted by molar-refractivity contribution is 0.310. The summed E-state index contributed by atoms with van der Waals surface area (Å²) in [5.41, 5.74) is 3.25. The summed E-state index contributed by atoms with van der Waals surface area (Å²) in [5.74, 6) is 1.62. The summed E-state index contributed by atoms with van der Waals surface area (Å²) < 4.78 is 0. The molecule has 1 aliphatic rings. The number of aromatic nitrogens is 1. The third kappa shape index (κ3) is 2.44. The molecule has 1 aromatic rings. The highest BCUT2D eigenvalue weighted by atomic mass is 79.9. The van der Waals surface area contributed by atoms with E-state index in [9.17, 15) is 0 Å². The zero-order valence-corrected chi connectivity index (χ0v) is 11.8. The Labute approximate surface area is 104 Å². The summed E-state index contributed by atoms with van der Waals surface area (Å²) in [4.78, 5) is 6.64. The SMILES string of the molecule is CCC1CCC(Br)CC1c1scnc1C. The highest BCUT2D eigenvalue weighted by Gasteiger charge is 2.31. The van der Waals surface area contributed by atoms with Crippen LogP contribution in [-0.4, -0.2) is 9.81 Å². The molecule has 84 valence electrons. The second-order valence-electron chi connectivity index (χ2n) is 4.49. The maximum atomic E-state index is 4.39. The van der Waals surface area contributed by atoms with Crippen molar-refractivity contribution >= 4 is 27.3 Å². The van der Waals surface area contributed by atoms with Gasteiger partial charge in [0.15, 0.2) is 0 Å². The summed E-state index contributed by atoms with van der Waals surface area (Å²) in [5, 5.41) is 0. The predicted molar refractivity (Wildman–Crippen MR) is 69.9 cm³/mol. The van der Waals surface area contributed by atoms with Crippen LogP contribution in [0.25, 0.3) is 0 Å². The standard InChI is InChI=1S/C12H18BrNS/c1-3-9-4-5-10(13)6-11(9)12-8(2)14-7-15-12/h7,9-11H,3-6H2,1-2H3. The maximum absolute atomic E-state index is 4.39. The molecule has 0 amide bonds. The smallest absolute Gasteiger partial charge is 0.0797 e. The second-order valence-corrected chi connectivity index (χ2v) is 6.67. The minimum atomic E-state index is 0.715. The Morgan fingerprint density at radius 2 is 2.33 bits per heavy atom. The largest absolute Gasteiger partial charge is 0.250 e. The van der Waals surface area contributed by atoms with E-state index in [1.165, 1.54) is 36.3 Å². The van der Waals surface area contributed by atoms with Gasteiger partial charge in [0.1, 0.15) is 0 Å². The third-order valence-corrected chi connectivity index (χ3v) is 5.47. The molecular weight excluding hydrogens is 270 g/mol. The zero-order valence-electron chi connectivity index (χ0n) is 9.37. The normalized spacial score (nSPS) is 31.8. The van der Waals surface area contributed by atoms with Crippen LogP contribution in [0.4, 0.5) is 0 Å². The molecule has 1 nitrogen and oxygen atoms in total. The third-order valence-electron chi connectivity index (χ3n) is 3.57. The van der Waals surface area contributed by atoms with Gasteiger partial charge in [0.05, 0.1) is 11.2 Å². The fourth-order valence-electron chi connectivity index (χ4n) is 2.66. The van der Waals surface area contributed by atoms with Crippen LogP contribution in [0.2, 0.25) is 0 Å². The van der Waals surface area contributed by atoms with Crippen molar-refractivity contribution < 1.29 is 0 Å². The Morgan fingerprint density at radius 3 is 2.93 bits per heavy atom. The fraction of sp³-hybridized carbons (Fsp3) is 0.750. The molecule has 3 heteroatoms. The Balaban J connectivity index is 2.20. The van der Waals surface area contributed by atoms with Gasteiger partial charge in [0.25, 0.3) is 0 Å². The summed E-state index contributed by atoms with van der Waals surface area (Å²) in [7, 11) is 0. The number of nitrogens with zero attached hydrogens (tertiary/aromatic N) is 1. The predicted octanol–water partition coefficient (Wildman–Crippen LogP) is 4.51. The number of hydrogen-bond acceptors (Lipinski definition) is 2. The molecule has 2 rings (SSSR count). The lowest BCUT2D eigenvalue weighted by Gasteiger charge is -2.33. The van der Waals surface area contributed by atoms with Crippen LogP contribution in [0.1, 0.15) is 49.1 Å². The lowest BCUT2D eigenvalue weighted by Crippen LogP contribution is -2.22. The number of aryl methyl sites for hydroxylation is 1. The van der Waals surface area contributed by atoms with Gasteiger partial charge in [-0.25, -0.2) is 4.98 Å². The van der Waals surface area contributed by atoms with E-state index in [1.54, 1.807) is 0 Å². The average molecular weight is 288 g/mol. The molecule has 1 fully saturated rings. The van der Waals surface area contributed by atoms with Crippen molar-refractivity contribution in [3.63, 3.8) is 0 Å². The van der Waals surface area contributed by atoms with E-state index >= 15 is 0 Å². The molecule has 0 aromatic carbocycles. The molecule has 3 atom stereocenters. The number of hydrogen-bond donors (Lipinski definition) is 0. The van der Waals surface area contributed by atoms with E-state index in [0.29, 0.717) is 4.83 Å². The number of rotatable bonds is 2. The molecule has 0 N–H and O–H groups in total. The van der Waals surface area contributed by atoms with Gasteiger partial charge in [-0.2, -0.15) is 0 Å². The van der Waals surface area contributed by atoms with Crippen molar-refractivity contribution in [1.82, 2.24) is 4.98 Å². The molecule has 0 bridgehead atoms. The van der Waals surface area contributed by atoms with Crippen LogP contribution < -0.4 is 0 Å². The van der Waals surface area contributed by atoms with Crippen LogP contribution in [0.3, 0.4) is 0 Å². The summed E-state index contributed by atoms with van der Waals surface area (Å²) >= 11 is 5.62. The van der Waals surface area contributed by atoms with Gasteiger partial charge in [-0.05, 0) is 38.0 Å². The quantitative estimate of drug-likeness (QED) is 0.730. The molecule has 15 heavy (non-hydrogen) atoms. The minimum absolute atomic E-state index is 0.715. The molecule has 1 heterocycles. The van der Waals surface area contributed by atoms with Gasteiger partial charge < -0.3 is 0 Å². The Morgan fingerprint density at radius 1 is 1.53 bits per heavy atom. The van der Waals surface area contributed by atoms with E-state index in [1.807, 2.05) is 16.8 Å². The molecule has 1 aliphatic carbocycles. The summed E-state index contributed by atoms with van der Waals surface area (Å²) in [6.07, 6.45) is 5.31. The summed E-state index contributed by atoms with van der Waals surface area (Å²) in [6, 6.07) is 0. The molecule has 3 unspecified atom stereocenters. The van der Waals surface area contributed by atoms with Crippen LogP contribution in [-0.2, 0) is 0 Å². The van der Waals surface area contributed by atoms with Crippen LogP contribution in [0.5, 0.6) is 0 Å². The van der Waals surface area contributed by atoms with E-state index in [4.69, 9.17) is 0 Å². The fourth-order valence-corrected chi connectivity index (χ4v) is 4.34. The van der Waals surface area contributed by atoms with Gasteiger partial charge in [0, 0.05) is 9.70 Å². The van der Waals surface area contributed by atoms with Crippen molar-refractivity contribution in [1.29, 1.82) is 0 Å². The van der Waals surface area contributed by atoms with Crippen molar-refractivity contribution in [2.75, 3.05) is 0 Å². The van der Waals surface area contributed by atoms with Gasteiger partial charge in [-0.3, -0.25) is 0 Å². The first-order valence-electron chi connectivity index (χ1n) is 5.76. The first-order chi connectivity index (χ1) is 7.22. The minimum Gasteiger partial charge on any atom is -0.250 e. The molecule has 0 aliphatic heterocycles. The maximum Gasteiger partial charge on any atom is 0.0797 e. The molecule has 0 saturated heterocycles. The van der Waals surface area contributed by atoms with Gasteiger partial charge in [-0.1, -0.05) is 29.3 Å². The molecular formula is C12H18BrNS. The van der Waals surface area contributed by atoms with Crippen LogP contribution >= 0.6 is 27.3 Å². The Hall–Kier alpha value is 0.110. The Bertz CT molecular complexity index is 323. The lowest BCUT2D eigenvalue weighted by atomic mass is 9.76. The monoisotopic (exact) mass is 287 g/mol. The van der Waals surface area contributed by atoms with E-state index in [0.717, 1.165) is 11.8 Å². The first kappa shape index (κ1) is 11.6. The number of halogens is 1. The Kier molecular flexibility index (Phi) is 3.83. The average Bonchev–Trinajstić information content (AvgIpc) is 2.64. The molecule has 0 radical (unpaired) electrons.